The van der Waals surface area contributed by atoms with Crippen molar-refractivity contribution in [1.82, 2.24) is 10.1 Å². The van der Waals surface area contributed by atoms with Gasteiger partial charge in [0, 0.05) is 12.8 Å². The van der Waals surface area contributed by atoms with Crippen molar-refractivity contribution in [2.24, 2.45) is 0 Å². The fourth-order valence-electron chi connectivity index (χ4n) is 1.63. The molecule has 1 heterocycles. The number of aromatic nitrogens is 2. The molecule has 0 unspecified atom stereocenters. The summed E-state index contributed by atoms with van der Waals surface area (Å²) in [7, 11) is 0. The van der Waals surface area contributed by atoms with Crippen molar-refractivity contribution >= 4 is 5.78 Å². The van der Waals surface area contributed by atoms with Gasteiger partial charge in [0.1, 0.15) is 11.5 Å². The van der Waals surface area contributed by atoms with Crippen molar-refractivity contribution in [3.05, 3.63) is 41.5 Å². The van der Waals surface area contributed by atoms with Gasteiger partial charge in [-0.15, -0.1) is 0 Å². The molecule has 0 atom stereocenters. The van der Waals surface area contributed by atoms with Crippen LogP contribution >= 0.6 is 0 Å². The van der Waals surface area contributed by atoms with E-state index in [9.17, 15) is 4.79 Å². The zero-order chi connectivity index (χ0) is 13.7. The molecule has 1 aromatic heterocycles. The smallest absolute Gasteiger partial charge is 0.264 e. The molecule has 1 aromatic carbocycles. The molecule has 5 heteroatoms. The van der Waals surface area contributed by atoms with E-state index in [4.69, 9.17) is 9.26 Å². The first-order chi connectivity index (χ1) is 9.17. The summed E-state index contributed by atoms with van der Waals surface area (Å²) in [5.41, 5.74) is 0.978. The Morgan fingerprint density at radius 3 is 2.63 bits per heavy atom. The summed E-state index contributed by atoms with van der Waals surface area (Å²) in [6.07, 6.45) is 1.19. The van der Waals surface area contributed by atoms with Gasteiger partial charge in [-0.1, -0.05) is 24.2 Å². The number of aryl methyl sites for hydroxylation is 1. The number of benzene rings is 1. The molecular formula is C14H16N2O3. The lowest BCUT2D eigenvalue weighted by molar-refractivity contribution is -0.116. The summed E-state index contributed by atoms with van der Waals surface area (Å²) in [5, 5.41) is 3.79. The zero-order valence-electron chi connectivity index (χ0n) is 11.0. The average molecular weight is 260 g/mol. The van der Waals surface area contributed by atoms with Gasteiger partial charge in [-0.3, -0.25) is 4.79 Å². The number of carbonyl (C=O) groups excluding carboxylic acids is 1. The Hall–Kier alpha value is -2.17. The third-order valence-corrected chi connectivity index (χ3v) is 2.57. The maximum atomic E-state index is 11.0. The minimum atomic E-state index is 0.145. The van der Waals surface area contributed by atoms with E-state index in [0.717, 1.165) is 12.0 Å². The molecule has 5 nitrogen and oxygen atoms in total. The summed E-state index contributed by atoms with van der Waals surface area (Å²) >= 11 is 0. The lowest BCUT2D eigenvalue weighted by atomic mass is 10.1. The predicted molar refractivity (Wildman–Crippen MR) is 68.8 cm³/mol. The fourth-order valence-corrected chi connectivity index (χ4v) is 1.63. The first kappa shape index (κ1) is 13.3. The van der Waals surface area contributed by atoms with Crippen LogP contribution in [0.3, 0.4) is 0 Å². The van der Waals surface area contributed by atoms with Gasteiger partial charge in [0.25, 0.3) is 5.89 Å². The molecule has 0 bridgehead atoms. The van der Waals surface area contributed by atoms with Crippen LogP contribution < -0.4 is 4.74 Å². The highest BCUT2D eigenvalue weighted by atomic mass is 16.5. The SMILES string of the molecule is CCc1noc(COc2ccc(CC(C)=O)cc2)n1. The molecule has 0 saturated carbocycles. The standard InChI is InChI=1S/C14H16N2O3/c1-3-13-15-14(19-16-13)9-18-12-6-4-11(5-7-12)8-10(2)17/h4-7H,3,8-9H2,1-2H3. The van der Waals surface area contributed by atoms with E-state index in [-0.39, 0.29) is 12.4 Å². The Morgan fingerprint density at radius 1 is 1.32 bits per heavy atom. The number of hydrogen-bond donors (Lipinski definition) is 0. The molecule has 0 radical (unpaired) electrons. The molecule has 0 aliphatic carbocycles. The van der Waals surface area contributed by atoms with Crippen molar-refractivity contribution in [1.29, 1.82) is 0 Å². The molecule has 0 saturated heterocycles. The Labute approximate surface area is 111 Å². The van der Waals surface area contributed by atoms with E-state index in [0.29, 0.717) is 23.9 Å². The van der Waals surface area contributed by atoms with Crippen LogP contribution in [0.25, 0.3) is 0 Å². The topological polar surface area (TPSA) is 65.2 Å². The van der Waals surface area contributed by atoms with Crippen LogP contribution in [0.15, 0.2) is 28.8 Å². The second-order valence-corrected chi connectivity index (χ2v) is 4.27. The summed E-state index contributed by atoms with van der Waals surface area (Å²) in [6, 6.07) is 7.41. The molecule has 19 heavy (non-hydrogen) atoms. The Kier molecular flexibility index (Phi) is 4.28. The van der Waals surface area contributed by atoms with Gasteiger partial charge < -0.3 is 9.26 Å². The number of ether oxygens (including phenoxy) is 1. The van der Waals surface area contributed by atoms with Crippen molar-refractivity contribution in [3.63, 3.8) is 0 Å². The van der Waals surface area contributed by atoms with E-state index in [1.807, 2.05) is 31.2 Å². The van der Waals surface area contributed by atoms with Crippen LogP contribution in [-0.2, 0) is 24.2 Å². The van der Waals surface area contributed by atoms with E-state index in [1.165, 1.54) is 0 Å². The largest absolute Gasteiger partial charge is 0.484 e. The highest BCUT2D eigenvalue weighted by Crippen LogP contribution is 2.14. The van der Waals surface area contributed by atoms with Crippen LogP contribution in [0.2, 0.25) is 0 Å². The molecular weight excluding hydrogens is 244 g/mol. The number of rotatable bonds is 6. The highest BCUT2D eigenvalue weighted by molar-refractivity contribution is 5.78. The molecule has 0 amide bonds. The minimum absolute atomic E-state index is 0.145. The molecule has 0 aliphatic rings. The van der Waals surface area contributed by atoms with Gasteiger partial charge >= 0.3 is 0 Å². The van der Waals surface area contributed by atoms with Gasteiger partial charge in [-0.05, 0) is 24.6 Å². The van der Waals surface area contributed by atoms with E-state index in [2.05, 4.69) is 10.1 Å². The van der Waals surface area contributed by atoms with Gasteiger partial charge in [-0.2, -0.15) is 4.98 Å². The maximum Gasteiger partial charge on any atom is 0.264 e. The third-order valence-electron chi connectivity index (χ3n) is 2.57. The highest BCUT2D eigenvalue weighted by Gasteiger charge is 2.05. The molecule has 0 N–H and O–H groups in total. The van der Waals surface area contributed by atoms with Gasteiger partial charge in [-0.25, -0.2) is 0 Å². The van der Waals surface area contributed by atoms with Crippen molar-refractivity contribution < 1.29 is 14.1 Å². The number of nitrogens with zero attached hydrogens (tertiary/aromatic N) is 2. The third kappa shape index (κ3) is 3.91. The molecule has 0 fully saturated rings. The lowest BCUT2D eigenvalue weighted by Gasteiger charge is -2.04. The summed E-state index contributed by atoms with van der Waals surface area (Å²) < 4.78 is 10.6. The van der Waals surface area contributed by atoms with Gasteiger partial charge in [0.2, 0.25) is 0 Å². The zero-order valence-corrected chi connectivity index (χ0v) is 11.0. The first-order valence-corrected chi connectivity index (χ1v) is 6.20. The van der Waals surface area contributed by atoms with Gasteiger partial charge in [0.15, 0.2) is 12.4 Å². The number of carbonyl (C=O) groups is 1. The number of ketones is 1. The van der Waals surface area contributed by atoms with Crippen LogP contribution in [0, 0.1) is 0 Å². The summed E-state index contributed by atoms with van der Waals surface area (Å²) in [6.45, 7) is 3.79. The second kappa shape index (κ2) is 6.13. The van der Waals surface area contributed by atoms with Crippen molar-refractivity contribution in [2.75, 3.05) is 0 Å². The molecule has 0 aliphatic heterocycles. The minimum Gasteiger partial charge on any atom is -0.484 e. The number of Topliss-reactive ketones (excluding diaryl/α,β-unsaturated/α-hetero) is 1. The fraction of sp³-hybridized carbons (Fsp3) is 0.357. The summed E-state index contributed by atoms with van der Waals surface area (Å²) in [4.78, 5) is 15.1. The van der Waals surface area contributed by atoms with Crippen LogP contribution in [0.1, 0.15) is 31.1 Å². The Morgan fingerprint density at radius 2 is 2.05 bits per heavy atom. The first-order valence-electron chi connectivity index (χ1n) is 6.20. The summed E-state index contributed by atoms with van der Waals surface area (Å²) in [5.74, 6) is 2.00. The maximum absolute atomic E-state index is 11.0. The molecule has 2 aromatic rings. The second-order valence-electron chi connectivity index (χ2n) is 4.27. The van der Waals surface area contributed by atoms with Gasteiger partial charge in [0.05, 0.1) is 0 Å². The number of hydrogen-bond acceptors (Lipinski definition) is 5. The van der Waals surface area contributed by atoms with E-state index < -0.39 is 0 Å². The van der Waals surface area contributed by atoms with Crippen LogP contribution in [0.5, 0.6) is 5.75 Å². The average Bonchev–Trinajstić information content (AvgIpc) is 2.85. The van der Waals surface area contributed by atoms with Crippen molar-refractivity contribution in [3.8, 4) is 5.75 Å². The monoisotopic (exact) mass is 260 g/mol. The molecule has 100 valence electrons. The molecule has 2 rings (SSSR count). The van der Waals surface area contributed by atoms with Crippen LogP contribution in [0.4, 0.5) is 0 Å². The predicted octanol–water partition coefficient (Wildman–Crippen LogP) is 2.34. The molecule has 0 spiro atoms. The normalized spacial score (nSPS) is 10.4. The van der Waals surface area contributed by atoms with Crippen molar-refractivity contribution in [2.45, 2.75) is 33.3 Å². The lowest BCUT2D eigenvalue weighted by Crippen LogP contribution is -1.98. The van der Waals surface area contributed by atoms with E-state index >= 15 is 0 Å². The Bertz CT molecular complexity index is 546. The van der Waals surface area contributed by atoms with Crippen LogP contribution in [-0.4, -0.2) is 15.9 Å². The van der Waals surface area contributed by atoms with E-state index in [1.54, 1.807) is 6.92 Å². The quantitative estimate of drug-likeness (QED) is 0.797. The Balaban J connectivity index is 1.90.